The van der Waals surface area contributed by atoms with Crippen LogP contribution in [0.3, 0.4) is 0 Å². The first kappa shape index (κ1) is 15.1. The lowest BCUT2D eigenvalue weighted by Gasteiger charge is -2.22. The van der Waals surface area contributed by atoms with Gasteiger partial charge in [0.2, 0.25) is 5.91 Å². The number of fused-ring (bicyclic) bond motifs is 1. The van der Waals surface area contributed by atoms with Crippen molar-refractivity contribution in [3.05, 3.63) is 23.8 Å². The summed E-state index contributed by atoms with van der Waals surface area (Å²) in [7, 11) is 1.56. The second-order valence-corrected chi connectivity index (χ2v) is 4.61. The Morgan fingerprint density at radius 3 is 2.86 bits per heavy atom. The van der Waals surface area contributed by atoms with Crippen LogP contribution in [0.1, 0.15) is 10.4 Å². The van der Waals surface area contributed by atoms with Gasteiger partial charge in [-0.15, -0.1) is 0 Å². The van der Waals surface area contributed by atoms with E-state index in [1.807, 2.05) is 12.1 Å². The van der Waals surface area contributed by atoms with E-state index in [2.05, 4.69) is 21.3 Å². The van der Waals surface area contributed by atoms with Crippen LogP contribution in [0.2, 0.25) is 0 Å². The molecule has 0 aromatic heterocycles. The lowest BCUT2D eigenvalue weighted by Crippen LogP contribution is -2.38. The zero-order valence-electron chi connectivity index (χ0n) is 12.0. The van der Waals surface area contributed by atoms with Crippen molar-refractivity contribution in [3.8, 4) is 0 Å². The second-order valence-electron chi connectivity index (χ2n) is 4.61. The van der Waals surface area contributed by atoms with Crippen molar-refractivity contribution in [3.63, 3.8) is 0 Å². The molecule has 1 aliphatic heterocycles. The monoisotopic (exact) mass is 292 g/mol. The number of benzene rings is 1. The zero-order valence-corrected chi connectivity index (χ0v) is 12.0. The Labute approximate surface area is 123 Å². The quantitative estimate of drug-likeness (QED) is 0.555. The molecule has 7 nitrogen and oxygen atoms in total. The Morgan fingerprint density at radius 1 is 1.24 bits per heavy atom. The molecule has 0 saturated carbocycles. The van der Waals surface area contributed by atoms with E-state index in [9.17, 15) is 9.59 Å². The molecule has 0 saturated heterocycles. The number of para-hydroxylation sites is 1. The molecule has 0 aliphatic carbocycles. The Hall–Kier alpha value is -2.28. The van der Waals surface area contributed by atoms with Crippen LogP contribution in [0, 0.1) is 0 Å². The summed E-state index contributed by atoms with van der Waals surface area (Å²) in [4.78, 5) is 23.7. The molecule has 0 radical (unpaired) electrons. The molecule has 2 rings (SSSR count). The zero-order chi connectivity index (χ0) is 15.1. The highest BCUT2D eigenvalue weighted by molar-refractivity contribution is 6.03. The highest BCUT2D eigenvalue weighted by Gasteiger charge is 2.17. The summed E-state index contributed by atoms with van der Waals surface area (Å²) in [5.41, 5.74) is 2.21. The Balaban J connectivity index is 1.90. The highest BCUT2D eigenvalue weighted by atomic mass is 16.5. The minimum atomic E-state index is -0.273. The third-order valence-electron chi connectivity index (χ3n) is 3.09. The van der Waals surface area contributed by atoms with Crippen LogP contribution in [0.25, 0.3) is 0 Å². The highest BCUT2D eigenvalue weighted by Crippen LogP contribution is 2.27. The lowest BCUT2D eigenvalue weighted by molar-refractivity contribution is -0.120. The van der Waals surface area contributed by atoms with Crippen molar-refractivity contribution in [2.45, 2.75) is 0 Å². The van der Waals surface area contributed by atoms with Gasteiger partial charge in [-0.25, -0.2) is 0 Å². The molecule has 7 heteroatoms. The maximum Gasteiger partial charge on any atom is 0.253 e. The summed E-state index contributed by atoms with van der Waals surface area (Å²) >= 11 is 0. The summed E-state index contributed by atoms with van der Waals surface area (Å²) < 4.78 is 4.83. The maximum atomic E-state index is 12.2. The molecular weight excluding hydrogens is 272 g/mol. The average Bonchev–Trinajstić information content (AvgIpc) is 2.52. The maximum absolute atomic E-state index is 12.2. The minimum absolute atomic E-state index is 0.0559. The average molecular weight is 292 g/mol. The van der Waals surface area contributed by atoms with E-state index in [1.165, 1.54) is 0 Å². The van der Waals surface area contributed by atoms with Gasteiger partial charge in [-0.3, -0.25) is 9.59 Å². The van der Waals surface area contributed by atoms with E-state index < -0.39 is 0 Å². The fourth-order valence-corrected chi connectivity index (χ4v) is 2.07. The number of hydrogen-bond donors (Lipinski definition) is 4. The fraction of sp³-hybridized carbons (Fsp3) is 0.429. The SMILES string of the molecule is COCCNC(=O)CNC(=O)c1cccc2c1NCCN2. The Morgan fingerprint density at radius 2 is 2.05 bits per heavy atom. The van der Waals surface area contributed by atoms with Crippen molar-refractivity contribution in [1.29, 1.82) is 0 Å². The molecule has 0 fully saturated rings. The Kier molecular flexibility index (Phi) is 5.39. The third-order valence-corrected chi connectivity index (χ3v) is 3.09. The molecule has 4 N–H and O–H groups in total. The van der Waals surface area contributed by atoms with Gasteiger partial charge in [0.1, 0.15) is 0 Å². The molecule has 0 atom stereocenters. The standard InChI is InChI=1S/C14H20N4O3/c1-21-8-7-16-12(19)9-18-14(20)10-3-2-4-11-13(10)17-6-5-15-11/h2-4,15,17H,5-9H2,1H3,(H,16,19)(H,18,20). The summed E-state index contributed by atoms with van der Waals surface area (Å²) in [5.74, 6) is -0.513. The van der Waals surface area contributed by atoms with Gasteiger partial charge >= 0.3 is 0 Å². The van der Waals surface area contributed by atoms with E-state index in [0.29, 0.717) is 18.7 Å². The molecule has 1 heterocycles. The van der Waals surface area contributed by atoms with Gasteiger partial charge in [-0.2, -0.15) is 0 Å². The van der Waals surface area contributed by atoms with Crippen LogP contribution in [-0.4, -0.2) is 51.7 Å². The van der Waals surface area contributed by atoms with Gasteiger partial charge in [-0.05, 0) is 12.1 Å². The van der Waals surface area contributed by atoms with Crippen molar-refractivity contribution in [2.24, 2.45) is 0 Å². The first-order valence-electron chi connectivity index (χ1n) is 6.87. The van der Waals surface area contributed by atoms with Gasteiger partial charge < -0.3 is 26.0 Å². The smallest absolute Gasteiger partial charge is 0.253 e. The van der Waals surface area contributed by atoms with Gasteiger partial charge in [0.15, 0.2) is 0 Å². The molecule has 114 valence electrons. The summed E-state index contributed by atoms with van der Waals surface area (Å²) in [6.45, 7) is 2.40. The first-order chi connectivity index (χ1) is 10.2. The first-order valence-corrected chi connectivity index (χ1v) is 6.87. The molecule has 0 bridgehead atoms. The molecule has 1 aromatic rings. The molecule has 1 aromatic carbocycles. The van der Waals surface area contributed by atoms with Crippen molar-refractivity contribution >= 4 is 23.2 Å². The lowest BCUT2D eigenvalue weighted by atomic mass is 10.1. The number of hydrogen-bond acceptors (Lipinski definition) is 5. The molecular formula is C14H20N4O3. The number of rotatable bonds is 6. The van der Waals surface area contributed by atoms with Crippen molar-refractivity contribution < 1.29 is 14.3 Å². The van der Waals surface area contributed by atoms with Crippen molar-refractivity contribution in [2.75, 3.05) is 50.5 Å². The number of carbonyl (C=O) groups excluding carboxylic acids is 2. The summed E-state index contributed by atoms with van der Waals surface area (Å²) in [6, 6.07) is 5.46. The van der Waals surface area contributed by atoms with Crippen LogP contribution in [-0.2, 0) is 9.53 Å². The number of ether oxygens (including phenoxy) is 1. The predicted molar refractivity (Wildman–Crippen MR) is 80.6 cm³/mol. The van der Waals surface area contributed by atoms with Crippen LogP contribution in [0.15, 0.2) is 18.2 Å². The number of carbonyl (C=O) groups is 2. The molecule has 21 heavy (non-hydrogen) atoms. The molecule has 0 unspecified atom stereocenters. The van der Waals surface area contributed by atoms with Crippen LogP contribution in [0.5, 0.6) is 0 Å². The third kappa shape index (κ3) is 4.09. The van der Waals surface area contributed by atoms with E-state index >= 15 is 0 Å². The molecule has 0 spiro atoms. The predicted octanol–water partition coefficient (Wildman–Crippen LogP) is 0.0164. The van der Waals surface area contributed by atoms with Gasteiger partial charge in [0, 0.05) is 26.7 Å². The largest absolute Gasteiger partial charge is 0.383 e. The number of methoxy groups -OCH3 is 1. The second kappa shape index (κ2) is 7.49. The van der Waals surface area contributed by atoms with Gasteiger partial charge in [0.25, 0.3) is 5.91 Å². The van der Waals surface area contributed by atoms with Crippen molar-refractivity contribution in [1.82, 2.24) is 10.6 Å². The fourth-order valence-electron chi connectivity index (χ4n) is 2.07. The van der Waals surface area contributed by atoms with Crippen LogP contribution >= 0.6 is 0 Å². The summed E-state index contributed by atoms with van der Waals surface area (Å²) in [6.07, 6.45) is 0. The molecule has 1 aliphatic rings. The minimum Gasteiger partial charge on any atom is -0.383 e. The van der Waals surface area contributed by atoms with Gasteiger partial charge in [-0.1, -0.05) is 6.07 Å². The number of nitrogens with one attached hydrogen (secondary N) is 4. The van der Waals surface area contributed by atoms with Gasteiger partial charge in [0.05, 0.1) is 30.1 Å². The topological polar surface area (TPSA) is 91.5 Å². The van der Waals surface area contributed by atoms with Crippen LogP contribution in [0.4, 0.5) is 11.4 Å². The van der Waals surface area contributed by atoms with E-state index in [0.717, 1.165) is 24.5 Å². The summed E-state index contributed by atoms with van der Waals surface area (Å²) in [5, 5.41) is 11.7. The van der Waals surface area contributed by atoms with E-state index in [-0.39, 0.29) is 18.4 Å². The van der Waals surface area contributed by atoms with Crippen LogP contribution < -0.4 is 21.3 Å². The molecule has 2 amide bonds. The van der Waals surface area contributed by atoms with E-state index in [4.69, 9.17) is 4.74 Å². The Bertz CT molecular complexity index is 519. The number of amides is 2. The number of anilines is 2. The normalized spacial score (nSPS) is 12.6. The van der Waals surface area contributed by atoms with E-state index in [1.54, 1.807) is 13.2 Å².